The predicted molar refractivity (Wildman–Crippen MR) is 70.3 cm³/mol. The molecule has 8 heteroatoms. The van der Waals surface area contributed by atoms with E-state index in [0.29, 0.717) is 6.92 Å². The van der Waals surface area contributed by atoms with E-state index in [-0.39, 0.29) is 5.56 Å². The van der Waals surface area contributed by atoms with E-state index in [1.807, 2.05) is 0 Å². The molecule has 1 rings (SSSR count). The number of carboxylic acid groups (broad SMARTS) is 1. The highest BCUT2D eigenvalue weighted by Crippen LogP contribution is 2.30. The molecule has 0 aliphatic carbocycles. The van der Waals surface area contributed by atoms with Crippen LogP contribution in [0.25, 0.3) is 0 Å². The van der Waals surface area contributed by atoms with Crippen molar-refractivity contribution in [2.75, 3.05) is 19.0 Å². The van der Waals surface area contributed by atoms with Crippen LogP contribution in [-0.2, 0) is 4.79 Å². The summed E-state index contributed by atoms with van der Waals surface area (Å²) in [5, 5.41) is 10.3. The lowest BCUT2D eigenvalue weighted by atomic mass is 10.0. The molecule has 0 fully saturated rings. The summed E-state index contributed by atoms with van der Waals surface area (Å²) in [5.41, 5.74) is -2.65. The topological polar surface area (TPSA) is 69.6 Å². The van der Waals surface area contributed by atoms with Crippen molar-refractivity contribution in [2.24, 2.45) is 0 Å². The maximum Gasteiger partial charge on any atom is 0.422 e. The summed E-state index contributed by atoms with van der Waals surface area (Å²) >= 11 is 0. The molecule has 0 aromatic heterocycles. The maximum atomic E-state index is 12.8. The van der Waals surface area contributed by atoms with Crippen LogP contribution >= 0.6 is 0 Å². The molecule has 0 radical (unpaired) electrons. The highest BCUT2D eigenvalue weighted by molar-refractivity contribution is 5.98. The van der Waals surface area contributed by atoms with Crippen molar-refractivity contribution in [1.82, 2.24) is 5.32 Å². The molecule has 1 amide bonds. The van der Waals surface area contributed by atoms with E-state index in [1.54, 1.807) is 31.1 Å². The standard InChI is InChI=1S/C13H15F3N2O3/c1-12(11(20)21,13(14,15)16)17-10(19)8-4-6-9(7-5-8)18(2)3/h4-7H,1-3H3,(H,17,19)(H,20,21). The molecule has 21 heavy (non-hydrogen) atoms. The zero-order valence-electron chi connectivity index (χ0n) is 11.7. The third-order valence-corrected chi connectivity index (χ3v) is 3.00. The van der Waals surface area contributed by atoms with Gasteiger partial charge in [0.25, 0.3) is 5.91 Å². The van der Waals surface area contributed by atoms with Crippen molar-refractivity contribution in [3.8, 4) is 0 Å². The van der Waals surface area contributed by atoms with Crippen LogP contribution in [0.4, 0.5) is 18.9 Å². The molecule has 0 aliphatic rings. The van der Waals surface area contributed by atoms with Crippen molar-refractivity contribution in [2.45, 2.75) is 18.6 Å². The Kier molecular flexibility index (Phi) is 4.50. The molecule has 0 aliphatic heterocycles. The summed E-state index contributed by atoms with van der Waals surface area (Å²) in [6.45, 7) is 0.404. The van der Waals surface area contributed by atoms with Gasteiger partial charge in [0, 0.05) is 25.3 Å². The summed E-state index contributed by atoms with van der Waals surface area (Å²) < 4.78 is 38.4. The first kappa shape index (κ1) is 16.8. The van der Waals surface area contributed by atoms with Gasteiger partial charge in [0.2, 0.25) is 5.54 Å². The van der Waals surface area contributed by atoms with Crippen LogP contribution in [-0.4, -0.2) is 42.8 Å². The van der Waals surface area contributed by atoms with Gasteiger partial charge >= 0.3 is 12.1 Å². The number of amides is 1. The van der Waals surface area contributed by atoms with E-state index in [9.17, 15) is 22.8 Å². The van der Waals surface area contributed by atoms with E-state index in [2.05, 4.69) is 0 Å². The first-order chi connectivity index (χ1) is 9.49. The predicted octanol–water partition coefficient (Wildman–Crippen LogP) is 1.89. The van der Waals surface area contributed by atoms with Crippen molar-refractivity contribution in [1.29, 1.82) is 0 Å². The quantitative estimate of drug-likeness (QED) is 0.891. The molecule has 116 valence electrons. The molecular formula is C13H15F3N2O3. The van der Waals surface area contributed by atoms with Gasteiger partial charge < -0.3 is 15.3 Å². The highest BCUT2D eigenvalue weighted by Gasteiger charge is 2.58. The van der Waals surface area contributed by atoms with Crippen LogP contribution in [0.3, 0.4) is 0 Å². The zero-order chi connectivity index (χ0) is 16.4. The third-order valence-electron chi connectivity index (χ3n) is 3.00. The largest absolute Gasteiger partial charge is 0.479 e. The average molecular weight is 304 g/mol. The number of nitrogens with zero attached hydrogens (tertiary/aromatic N) is 1. The number of carboxylic acids is 1. The lowest BCUT2D eigenvalue weighted by molar-refractivity contribution is -0.203. The van der Waals surface area contributed by atoms with Crippen molar-refractivity contribution < 1.29 is 27.9 Å². The van der Waals surface area contributed by atoms with Crippen molar-refractivity contribution in [3.05, 3.63) is 29.8 Å². The number of carbonyl (C=O) groups is 2. The van der Waals surface area contributed by atoms with Gasteiger partial charge in [-0.15, -0.1) is 0 Å². The second-order valence-electron chi connectivity index (χ2n) is 4.82. The molecule has 2 N–H and O–H groups in total. The van der Waals surface area contributed by atoms with Gasteiger partial charge in [-0.1, -0.05) is 0 Å². The van der Waals surface area contributed by atoms with Gasteiger partial charge in [0.1, 0.15) is 0 Å². The van der Waals surface area contributed by atoms with E-state index < -0.39 is 23.6 Å². The molecule has 0 spiro atoms. The number of halogens is 3. The monoisotopic (exact) mass is 304 g/mol. The van der Waals surface area contributed by atoms with Crippen LogP contribution in [0.15, 0.2) is 24.3 Å². The summed E-state index contributed by atoms with van der Waals surface area (Å²) in [6.07, 6.45) is -5.11. The van der Waals surface area contributed by atoms with Crippen LogP contribution in [0.1, 0.15) is 17.3 Å². The fourth-order valence-electron chi connectivity index (χ4n) is 1.46. The molecule has 5 nitrogen and oxygen atoms in total. The summed E-state index contributed by atoms with van der Waals surface area (Å²) in [5.74, 6) is -3.28. The van der Waals surface area contributed by atoms with Crippen LogP contribution in [0, 0.1) is 0 Å². The smallest absolute Gasteiger partial charge is 0.422 e. The van der Waals surface area contributed by atoms with Gasteiger partial charge in [-0.05, 0) is 31.2 Å². The molecule has 1 aromatic rings. The third kappa shape index (κ3) is 3.45. The minimum Gasteiger partial charge on any atom is -0.479 e. The van der Waals surface area contributed by atoms with Crippen molar-refractivity contribution >= 4 is 17.6 Å². The number of hydrogen-bond acceptors (Lipinski definition) is 3. The fraction of sp³-hybridized carbons (Fsp3) is 0.385. The fourth-order valence-corrected chi connectivity index (χ4v) is 1.46. The number of aliphatic carboxylic acids is 1. The lowest BCUT2D eigenvalue weighted by Crippen LogP contribution is -2.61. The summed E-state index contributed by atoms with van der Waals surface area (Å²) in [7, 11) is 3.53. The van der Waals surface area contributed by atoms with Gasteiger partial charge in [-0.25, -0.2) is 4.79 Å². The molecule has 1 atom stereocenters. The number of hydrogen-bond donors (Lipinski definition) is 2. The average Bonchev–Trinajstić information content (AvgIpc) is 2.37. The molecule has 0 bridgehead atoms. The highest BCUT2D eigenvalue weighted by atomic mass is 19.4. The van der Waals surface area contributed by atoms with Gasteiger partial charge in [-0.3, -0.25) is 4.79 Å². The molecule has 1 aromatic carbocycles. The van der Waals surface area contributed by atoms with E-state index >= 15 is 0 Å². The lowest BCUT2D eigenvalue weighted by Gasteiger charge is -2.28. The number of rotatable bonds is 4. The minimum atomic E-state index is -5.11. The first-order valence-corrected chi connectivity index (χ1v) is 5.89. The van der Waals surface area contributed by atoms with Crippen LogP contribution in [0.2, 0.25) is 0 Å². The Bertz CT molecular complexity index is 541. The first-order valence-electron chi connectivity index (χ1n) is 5.89. The number of alkyl halides is 3. The number of anilines is 1. The number of nitrogens with one attached hydrogen (secondary N) is 1. The Morgan fingerprint density at radius 2 is 1.62 bits per heavy atom. The van der Waals surface area contributed by atoms with Crippen molar-refractivity contribution in [3.63, 3.8) is 0 Å². The van der Waals surface area contributed by atoms with E-state index in [1.165, 1.54) is 17.4 Å². The Morgan fingerprint density at radius 1 is 1.14 bits per heavy atom. The van der Waals surface area contributed by atoms with Crippen LogP contribution in [0.5, 0.6) is 0 Å². The van der Waals surface area contributed by atoms with Crippen LogP contribution < -0.4 is 10.2 Å². The molecule has 0 saturated heterocycles. The number of benzene rings is 1. The number of carbonyl (C=O) groups excluding carboxylic acids is 1. The molecule has 1 unspecified atom stereocenters. The van der Waals surface area contributed by atoms with Gasteiger partial charge in [0.15, 0.2) is 0 Å². The second-order valence-corrected chi connectivity index (χ2v) is 4.82. The Morgan fingerprint density at radius 3 is 1.95 bits per heavy atom. The van der Waals surface area contributed by atoms with Gasteiger partial charge in [0.05, 0.1) is 0 Å². The van der Waals surface area contributed by atoms with E-state index in [4.69, 9.17) is 5.11 Å². The summed E-state index contributed by atoms with van der Waals surface area (Å²) in [6, 6.07) is 5.73. The Balaban J connectivity index is 3.01. The Hall–Kier alpha value is -2.25. The van der Waals surface area contributed by atoms with E-state index in [0.717, 1.165) is 5.69 Å². The normalized spacial score (nSPS) is 14.2. The van der Waals surface area contributed by atoms with Gasteiger partial charge in [-0.2, -0.15) is 13.2 Å². The Labute approximate surface area is 119 Å². The second kappa shape index (κ2) is 5.63. The molecule has 0 heterocycles. The SMILES string of the molecule is CN(C)c1ccc(C(=O)NC(C)(C(=O)O)C(F)(F)F)cc1. The molecule has 0 saturated carbocycles. The minimum absolute atomic E-state index is 0.0580. The molecular weight excluding hydrogens is 289 g/mol. The maximum absolute atomic E-state index is 12.8. The zero-order valence-corrected chi connectivity index (χ0v) is 11.7. The summed E-state index contributed by atoms with van der Waals surface area (Å²) in [4.78, 5) is 24.4.